The fourth-order valence-corrected chi connectivity index (χ4v) is 1.25. The second kappa shape index (κ2) is 7.39. The van der Waals surface area contributed by atoms with Crippen molar-refractivity contribution in [2.24, 2.45) is 5.73 Å². The van der Waals surface area contributed by atoms with Gasteiger partial charge in [-0.05, 0) is 17.7 Å². The number of nitrogens with zero attached hydrogens (tertiary/aromatic N) is 1. The number of ether oxygens (including phenoxy) is 1. The van der Waals surface area contributed by atoms with Crippen molar-refractivity contribution < 1.29 is 9.53 Å². The minimum atomic E-state index is -0.194. The van der Waals surface area contributed by atoms with Crippen LogP contribution in [-0.4, -0.2) is 25.7 Å². The quantitative estimate of drug-likeness (QED) is 0.684. The van der Waals surface area contributed by atoms with Crippen molar-refractivity contribution in [1.82, 2.24) is 5.32 Å². The van der Waals surface area contributed by atoms with Gasteiger partial charge < -0.3 is 15.8 Å². The van der Waals surface area contributed by atoms with Crippen LogP contribution >= 0.6 is 0 Å². The van der Waals surface area contributed by atoms with E-state index in [-0.39, 0.29) is 12.5 Å². The molecular formula is C12H15N3O2. The average molecular weight is 233 g/mol. The van der Waals surface area contributed by atoms with Crippen LogP contribution in [-0.2, 0) is 16.1 Å². The molecule has 0 aromatic heterocycles. The van der Waals surface area contributed by atoms with Crippen LogP contribution in [0.4, 0.5) is 0 Å². The Morgan fingerprint density at radius 1 is 1.53 bits per heavy atom. The van der Waals surface area contributed by atoms with E-state index in [0.717, 1.165) is 5.56 Å². The molecule has 0 radical (unpaired) electrons. The number of carbonyl (C=O) groups is 1. The molecule has 0 bridgehead atoms. The largest absolute Gasteiger partial charge is 0.370 e. The van der Waals surface area contributed by atoms with E-state index in [2.05, 4.69) is 5.32 Å². The highest BCUT2D eigenvalue weighted by Crippen LogP contribution is 2.03. The molecule has 0 unspecified atom stereocenters. The predicted molar refractivity (Wildman–Crippen MR) is 62.9 cm³/mol. The molecule has 0 saturated heterocycles. The lowest BCUT2D eigenvalue weighted by Gasteiger charge is -2.05. The summed E-state index contributed by atoms with van der Waals surface area (Å²) in [5.74, 6) is -0.194. The van der Waals surface area contributed by atoms with Crippen LogP contribution < -0.4 is 11.1 Å². The first-order valence-electron chi connectivity index (χ1n) is 5.30. The highest BCUT2D eigenvalue weighted by atomic mass is 16.5. The highest BCUT2D eigenvalue weighted by Gasteiger charge is 2.01. The second-order valence-corrected chi connectivity index (χ2v) is 3.43. The van der Waals surface area contributed by atoms with Crippen LogP contribution in [0.5, 0.6) is 0 Å². The Kier molecular flexibility index (Phi) is 5.72. The molecule has 5 heteroatoms. The summed E-state index contributed by atoms with van der Waals surface area (Å²) in [5, 5.41) is 11.4. The van der Waals surface area contributed by atoms with Crippen molar-refractivity contribution >= 4 is 5.91 Å². The van der Waals surface area contributed by atoms with Gasteiger partial charge in [0, 0.05) is 13.1 Å². The SMILES string of the molecule is N#Cc1cccc(CNC(=O)COCCN)c1. The maximum atomic E-state index is 11.3. The number of amides is 1. The molecule has 17 heavy (non-hydrogen) atoms. The van der Waals surface area contributed by atoms with Gasteiger partial charge in [-0.15, -0.1) is 0 Å². The van der Waals surface area contributed by atoms with E-state index in [1.165, 1.54) is 0 Å². The fourth-order valence-electron chi connectivity index (χ4n) is 1.25. The molecule has 0 heterocycles. The van der Waals surface area contributed by atoms with Crippen molar-refractivity contribution in [2.45, 2.75) is 6.54 Å². The second-order valence-electron chi connectivity index (χ2n) is 3.43. The van der Waals surface area contributed by atoms with Gasteiger partial charge >= 0.3 is 0 Å². The van der Waals surface area contributed by atoms with Crippen molar-refractivity contribution in [2.75, 3.05) is 19.8 Å². The molecule has 0 aliphatic carbocycles. The topological polar surface area (TPSA) is 88.1 Å². The summed E-state index contributed by atoms with van der Waals surface area (Å²) in [6, 6.07) is 9.13. The van der Waals surface area contributed by atoms with Gasteiger partial charge in [0.25, 0.3) is 0 Å². The van der Waals surface area contributed by atoms with Gasteiger partial charge in [-0.2, -0.15) is 5.26 Å². The average Bonchev–Trinajstić information content (AvgIpc) is 2.37. The van der Waals surface area contributed by atoms with Crippen LogP contribution in [0.15, 0.2) is 24.3 Å². The van der Waals surface area contributed by atoms with Crippen molar-refractivity contribution in [3.63, 3.8) is 0 Å². The minimum absolute atomic E-state index is 0.00907. The van der Waals surface area contributed by atoms with Gasteiger partial charge in [0.2, 0.25) is 5.91 Å². The van der Waals surface area contributed by atoms with Crippen LogP contribution in [0.25, 0.3) is 0 Å². The summed E-state index contributed by atoms with van der Waals surface area (Å²) in [5.41, 5.74) is 6.69. The molecule has 1 aromatic rings. The third kappa shape index (κ3) is 5.11. The van der Waals surface area contributed by atoms with Gasteiger partial charge in [-0.1, -0.05) is 12.1 Å². The van der Waals surface area contributed by atoms with Crippen molar-refractivity contribution in [3.05, 3.63) is 35.4 Å². The number of hydrogen-bond donors (Lipinski definition) is 2. The Morgan fingerprint density at radius 2 is 2.35 bits per heavy atom. The van der Waals surface area contributed by atoms with E-state index >= 15 is 0 Å². The standard InChI is InChI=1S/C12H15N3O2/c13-4-5-17-9-12(16)15-8-11-3-1-2-10(6-11)7-14/h1-3,6H,4-5,8-9,13H2,(H,15,16). The smallest absolute Gasteiger partial charge is 0.246 e. The third-order valence-corrected chi connectivity index (χ3v) is 2.04. The molecule has 5 nitrogen and oxygen atoms in total. The molecule has 0 fully saturated rings. The van der Waals surface area contributed by atoms with Crippen LogP contribution in [0.3, 0.4) is 0 Å². The molecular weight excluding hydrogens is 218 g/mol. The predicted octanol–water partition coefficient (Wildman–Crippen LogP) is 0.150. The molecule has 3 N–H and O–H groups in total. The third-order valence-electron chi connectivity index (χ3n) is 2.04. The Hall–Kier alpha value is -1.90. The molecule has 0 spiro atoms. The molecule has 0 saturated carbocycles. The van der Waals surface area contributed by atoms with E-state index < -0.39 is 0 Å². The van der Waals surface area contributed by atoms with Gasteiger partial charge in [0.1, 0.15) is 6.61 Å². The van der Waals surface area contributed by atoms with E-state index in [1.807, 2.05) is 12.1 Å². The van der Waals surface area contributed by atoms with Crippen LogP contribution in [0, 0.1) is 11.3 Å². The highest BCUT2D eigenvalue weighted by molar-refractivity contribution is 5.77. The Bertz CT molecular complexity index is 412. The first kappa shape index (κ1) is 13.2. The van der Waals surface area contributed by atoms with E-state index in [1.54, 1.807) is 18.2 Å². The van der Waals surface area contributed by atoms with E-state index in [0.29, 0.717) is 25.3 Å². The number of carbonyl (C=O) groups excluding carboxylic acids is 1. The fraction of sp³-hybridized carbons (Fsp3) is 0.333. The lowest BCUT2D eigenvalue weighted by atomic mass is 10.1. The Labute approximate surface area is 100 Å². The minimum Gasteiger partial charge on any atom is -0.370 e. The van der Waals surface area contributed by atoms with Gasteiger partial charge in [0.05, 0.1) is 18.2 Å². The molecule has 1 aromatic carbocycles. The van der Waals surface area contributed by atoms with Gasteiger partial charge in [-0.3, -0.25) is 4.79 Å². The molecule has 0 aliphatic rings. The number of hydrogen-bond acceptors (Lipinski definition) is 4. The zero-order valence-corrected chi connectivity index (χ0v) is 9.48. The number of nitrogens with one attached hydrogen (secondary N) is 1. The van der Waals surface area contributed by atoms with Crippen molar-refractivity contribution in [3.8, 4) is 6.07 Å². The number of nitrogens with two attached hydrogens (primary N) is 1. The van der Waals surface area contributed by atoms with Gasteiger partial charge in [-0.25, -0.2) is 0 Å². The molecule has 1 amide bonds. The normalized spacial score (nSPS) is 9.65. The first-order valence-corrected chi connectivity index (χ1v) is 5.30. The lowest BCUT2D eigenvalue weighted by molar-refractivity contribution is -0.125. The van der Waals surface area contributed by atoms with E-state index in [9.17, 15) is 4.79 Å². The summed E-state index contributed by atoms with van der Waals surface area (Å²) in [4.78, 5) is 11.3. The van der Waals surface area contributed by atoms with Crippen LogP contribution in [0.2, 0.25) is 0 Å². The summed E-state index contributed by atoms with van der Waals surface area (Å²) >= 11 is 0. The monoisotopic (exact) mass is 233 g/mol. The van der Waals surface area contributed by atoms with Gasteiger partial charge in [0.15, 0.2) is 0 Å². The van der Waals surface area contributed by atoms with Crippen molar-refractivity contribution in [1.29, 1.82) is 5.26 Å². The summed E-state index contributed by atoms with van der Waals surface area (Å²) in [6.07, 6.45) is 0. The molecule has 0 aliphatic heterocycles. The lowest BCUT2D eigenvalue weighted by Crippen LogP contribution is -2.28. The maximum absolute atomic E-state index is 11.3. The summed E-state index contributed by atoms with van der Waals surface area (Å²) < 4.78 is 4.99. The van der Waals surface area contributed by atoms with Crippen LogP contribution in [0.1, 0.15) is 11.1 Å². The summed E-state index contributed by atoms with van der Waals surface area (Å²) in [6.45, 7) is 1.17. The number of rotatable bonds is 6. The first-order chi connectivity index (χ1) is 8.26. The zero-order valence-electron chi connectivity index (χ0n) is 9.48. The van der Waals surface area contributed by atoms with E-state index in [4.69, 9.17) is 15.7 Å². The summed E-state index contributed by atoms with van der Waals surface area (Å²) in [7, 11) is 0. The molecule has 0 atom stereocenters. The number of benzene rings is 1. The maximum Gasteiger partial charge on any atom is 0.246 e. The molecule has 1 rings (SSSR count). The Morgan fingerprint density at radius 3 is 3.06 bits per heavy atom. The Balaban J connectivity index is 2.34. The number of nitriles is 1. The molecule has 90 valence electrons. The zero-order chi connectivity index (χ0) is 12.5.